The van der Waals surface area contributed by atoms with Crippen LogP contribution in [0.2, 0.25) is 0 Å². The normalized spacial score (nSPS) is 13.0. The zero-order valence-electron chi connectivity index (χ0n) is 19.7. The highest BCUT2D eigenvalue weighted by atomic mass is 32.2. The van der Waals surface area contributed by atoms with Crippen molar-refractivity contribution in [3.63, 3.8) is 0 Å². The van der Waals surface area contributed by atoms with Gasteiger partial charge in [-0.1, -0.05) is 60.5 Å². The van der Waals surface area contributed by atoms with Gasteiger partial charge in [0.2, 0.25) is 0 Å². The molecule has 4 aromatic rings. The van der Waals surface area contributed by atoms with Crippen LogP contribution < -0.4 is 0 Å². The Morgan fingerprint density at radius 2 is 1.35 bits per heavy atom. The van der Waals surface area contributed by atoms with Crippen LogP contribution >= 0.6 is 11.8 Å². The van der Waals surface area contributed by atoms with Crippen LogP contribution in [0.5, 0.6) is 0 Å². The van der Waals surface area contributed by atoms with E-state index in [1.165, 1.54) is 24.3 Å². The van der Waals surface area contributed by atoms with Crippen molar-refractivity contribution in [2.24, 2.45) is 0 Å². The lowest BCUT2D eigenvalue weighted by atomic mass is 9.96. The lowest BCUT2D eigenvalue weighted by Crippen LogP contribution is -2.27. The average molecular weight is 536 g/mol. The molecular formula is C30H22F3O2S2+. The molecule has 0 amide bonds. The molecule has 4 aromatic carbocycles. The first-order valence-corrected chi connectivity index (χ1v) is 13.2. The van der Waals surface area contributed by atoms with Crippen molar-refractivity contribution < 1.29 is 22.7 Å². The van der Waals surface area contributed by atoms with Gasteiger partial charge in [0.25, 0.3) is 0 Å². The number of thioether (sulfide) groups is 1. The molecule has 4 rings (SSSR count). The second kappa shape index (κ2) is 11.2. The van der Waals surface area contributed by atoms with E-state index in [1.807, 2.05) is 42.5 Å². The second-order valence-corrected chi connectivity index (χ2v) is 11.3. The number of carbonyl (C=O) groups is 1. The lowest BCUT2D eigenvalue weighted by molar-refractivity contribution is -0.0328. The number of carbonyl (C=O) groups excluding carboxylic acids is 1. The monoisotopic (exact) mass is 535 g/mol. The summed E-state index contributed by atoms with van der Waals surface area (Å²) in [6.07, 6.45) is 5.72. The average Bonchev–Trinajstić information content (AvgIpc) is 2.90. The maximum Gasteiger partial charge on any atom is 0.446 e. The minimum atomic E-state index is -4.40. The number of alkyl halides is 3. The number of esters is 1. The summed E-state index contributed by atoms with van der Waals surface area (Å²) < 4.78 is 43.8. The number of terminal acetylenes is 1. The summed E-state index contributed by atoms with van der Waals surface area (Å²) in [7, 11) is -0.456. The molecule has 0 aliphatic carbocycles. The number of hydrogen-bond acceptors (Lipinski definition) is 3. The van der Waals surface area contributed by atoms with Gasteiger partial charge in [-0.15, -0.1) is 6.42 Å². The van der Waals surface area contributed by atoms with E-state index in [9.17, 15) is 18.0 Å². The van der Waals surface area contributed by atoms with E-state index in [1.54, 1.807) is 25.1 Å². The van der Waals surface area contributed by atoms with Gasteiger partial charge < -0.3 is 4.74 Å². The minimum Gasteiger partial charge on any atom is -0.438 e. The first-order chi connectivity index (χ1) is 17.7. The molecule has 2 nitrogen and oxygen atoms in total. The fraction of sp³-hybridized carbons (Fsp3) is 0.100. The maximum absolute atomic E-state index is 13.2. The van der Waals surface area contributed by atoms with Crippen LogP contribution in [-0.2, 0) is 21.2 Å². The molecule has 0 N–H and O–H groups in total. The van der Waals surface area contributed by atoms with Crippen molar-refractivity contribution in [2.75, 3.05) is 0 Å². The summed E-state index contributed by atoms with van der Waals surface area (Å²) >= 11 is -0.220. The van der Waals surface area contributed by atoms with Crippen LogP contribution in [0.1, 0.15) is 22.8 Å². The fourth-order valence-corrected chi connectivity index (χ4v) is 6.34. The molecule has 0 saturated heterocycles. The first-order valence-electron chi connectivity index (χ1n) is 11.2. The van der Waals surface area contributed by atoms with Crippen molar-refractivity contribution >= 4 is 28.6 Å². The van der Waals surface area contributed by atoms with Gasteiger partial charge in [0, 0.05) is 16.5 Å². The summed E-state index contributed by atoms with van der Waals surface area (Å²) in [5.74, 6) is 1.86. The molecule has 0 heterocycles. The minimum absolute atomic E-state index is 0.0171. The number of hydrogen-bond donors (Lipinski definition) is 0. The Labute approximate surface area is 221 Å². The summed E-state index contributed by atoms with van der Waals surface area (Å²) in [4.78, 5) is 16.4. The second-order valence-electron chi connectivity index (χ2n) is 8.10. The molecule has 1 unspecified atom stereocenters. The molecule has 0 radical (unpaired) electrons. The van der Waals surface area contributed by atoms with Crippen LogP contribution in [0, 0.1) is 12.3 Å². The van der Waals surface area contributed by atoms with Crippen molar-refractivity contribution in [2.45, 2.75) is 37.6 Å². The third kappa shape index (κ3) is 6.59. The highest BCUT2D eigenvalue weighted by Crippen LogP contribution is 2.38. The molecule has 1 atom stereocenters. The van der Waals surface area contributed by atoms with Crippen LogP contribution in [0.4, 0.5) is 13.2 Å². The first kappa shape index (κ1) is 26.5. The number of rotatable bonds is 7. The fourth-order valence-electron chi connectivity index (χ4n) is 3.66. The summed E-state index contributed by atoms with van der Waals surface area (Å²) in [5, 5.41) is 0. The molecule has 0 aliphatic heterocycles. The van der Waals surface area contributed by atoms with Gasteiger partial charge in [0.15, 0.2) is 20.3 Å². The van der Waals surface area contributed by atoms with Gasteiger partial charge in [-0.3, -0.25) is 0 Å². The molecule has 7 heteroatoms. The Kier molecular flexibility index (Phi) is 8.01. The van der Waals surface area contributed by atoms with Crippen molar-refractivity contribution in [1.29, 1.82) is 0 Å². The molecule has 0 aromatic heterocycles. The van der Waals surface area contributed by atoms with Crippen LogP contribution in [0.3, 0.4) is 0 Å². The molecule has 186 valence electrons. The van der Waals surface area contributed by atoms with E-state index in [2.05, 4.69) is 30.2 Å². The molecule has 0 bridgehead atoms. The molecular weight excluding hydrogens is 513 g/mol. The number of halogens is 3. The smallest absolute Gasteiger partial charge is 0.438 e. The van der Waals surface area contributed by atoms with Gasteiger partial charge in [-0.25, -0.2) is 4.79 Å². The molecule has 0 aliphatic rings. The number of ether oxygens (including phenoxy) is 1. The van der Waals surface area contributed by atoms with E-state index in [4.69, 9.17) is 11.2 Å². The quantitative estimate of drug-likeness (QED) is 0.104. The SMILES string of the molecule is C#CC(C)(OC(=O)c1cccc([S+](c2ccccc2)c2ccccc2)c1)c1ccc(SC(F)(F)F)cc1. The Morgan fingerprint density at radius 1 is 0.811 bits per heavy atom. The Morgan fingerprint density at radius 3 is 1.86 bits per heavy atom. The van der Waals surface area contributed by atoms with Crippen molar-refractivity contribution in [3.05, 3.63) is 120 Å². The topological polar surface area (TPSA) is 26.3 Å². The summed E-state index contributed by atoms with van der Waals surface area (Å²) in [6.45, 7) is 1.54. The lowest BCUT2D eigenvalue weighted by Gasteiger charge is -2.25. The third-order valence-corrected chi connectivity index (χ3v) is 8.43. The van der Waals surface area contributed by atoms with Gasteiger partial charge >= 0.3 is 11.5 Å². The van der Waals surface area contributed by atoms with E-state index in [0.29, 0.717) is 11.1 Å². The van der Waals surface area contributed by atoms with Gasteiger partial charge in [0.05, 0.1) is 16.5 Å². The number of benzene rings is 4. The largest absolute Gasteiger partial charge is 0.446 e. The highest BCUT2D eigenvalue weighted by molar-refractivity contribution is 8.00. The van der Waals surface area contributed by atoms with Crippen LogP contribution in [0.15, 0.2) is 129 Å². The van der Waals surface area contributed by atoms with E-state index in [-0.39, 0.29) is 16.7 Å². The van der Waals surface area contributed by atoms with Crippen molar-refractivity contribution in [1.82, 2.24) is 0 Å². The molecule has 0 spiro atoms. The predicted molar refractivity (Wildman–Crippen MR) is 141 cm³/mol. The Bertz CT molecular complexity index is 1360. The van der Waals surface area contributed by atoms with Crippen LogP contribution in [-0.4, -0.2) is 11.5 Å². The molecule has 37 heavy (non-hydrogen) atoms. The van der Waals surface area contributed by atoms with Crippen LogP contribution in [0.25, 0.3) is 0 Å². The Balaban J connectivity index is 1.62. The third-order valence-electron chi connectivity index (χ3n) is 5.47. The molecule has 0 saturated carbocycles. The zero-order chi connectivity index (χ0) is 26.5. The van der Waals surface area contributed by atoms with Gasteiger partial charge in [0.1, 0.15) is 0 Å². The summed E-state index contributed by atoms with van der Waals surface area (Å²) in [6, 6.07) is 32.8. The zero-order valence-corrected chi connectivity index (χ0v) is 21.4. The predicted octanol–water partition coefficient (Wildman–Crippen LogP) is 8.10. The standard InChI is InChI=1S/C30H22F3O2S2/c1-3-29(2,23-17-19-24(20-18-23)36-30(31,32)33)35-28(34)22-11-10-16-27(21-22)37(25-12-6-4-7-13-25)26-14-8-5-9-15-26/h1,4-21H,2H3/q+1. The van der Waals surface area contributed by atoms with E-state index >= 15 is 0 Å². The Hall–Kier alpha value is -3.60. The van der Waals surface area contributed by atoms with Gasteiger partial charge in [-0.05, 0) is 67.2 Å². The van der Waals surface area contributed by atoms with Crippen molar-refractivity contribution in [3.8, 4) is 12.3 Å². The summed E-state index contributed by atoms with van der Waals surface area (Å²) in [5.41, 5.74) is -5.13. The van der Waals surface area contributed by atoms with E-state index < -0.39 is 28.0 Å². The molecule has 0 fully saturated rings. The van der Waals surface area contributed by atoms with E-state index in [0.717, 1.165) is 14.7 Å². The highest BCUT2D eigenvalue weighted by Gasteiger charge is 2.33. The van der Waals surface area contributed by atoms with Gasteiger partial charge in [-0.2, -0.15) is 13.2 Å². The maximum atomic E-state index is 13.2.